The van der Waals surface area contributed by atoms with Crippen LogP contribution in [0.15, 0.2) is 35.0 Å². The van der Waals surface area contributed by atoms with Gasteiger partial charge in [-0.3, -0.25) is 14.9 Å². The van der Waals surface area contributed by atoms with Crippen LogP contribution in [0.2, 0.25) is 0 Å². The van der Waals surface area contributed by atoms with Crippen LogP contribution in [0.1, 0.15) is 59.1 Å². The van der Waals surface area contributed by atoms with E-state index in [0.29, 0.717) is 5.13 Å². The topological polar surface area (TPSA) is 71.1 Å². The lowest BCUT2D eigenvalue weighted by Crippen LogP contribution is -2.23. The van der Waals surface area contributed by atoms with Crippen molar-refractivity contribution in [2.45, 2.75) is 45.6 Å². The van der Waals surface area contributed by atoms with Crippen LogP contribution >= 0.6 is 22.7 Å². The number of nitrogens with zero attached hydrogens (tertiary/aromatic N) is 1. The molecule has 0 saturated heterocycles. The van der Waals surface area contributed by atoms with Crippen LogP contribution in [-0.4, -0.2) is 16.8 Å². The standard InChI is InChI=1S/C22H23N3O2S2/c1-13(23-14(2)26)15-7-9-16(10-8-15)19-12-29-22(24-19)25-21(27)18-11-28-20-6-4-3-5-17(18)20/h7-13H,3-6H2,1-2H3,(H,23,26)(H,24,25,27). The van der Waals surface area contributed by atoms with Crippen LogP contribution < -0.4 is 10.6 Å². The summed E-state index contributed by atoms with van der Waals surface area (Å²) in [5, 5.41) is 10.4. The SMILES string of the molecule is CC(=O)NC(C)c1ccc(-c2csc(NC(=O)c3csc4c3CCCC4)n2)cc1. The number of nitrogens with one attached hydrogen (secondary N) is 2. The number of thiophene rings is 1. The number of anilines is 1. The monoisotopic (exact) mass is 425 g/mol. The first kappa shape index (κ1) is 19.8. The number of fused-ring (bicyclic) bond motifs is 1. The minimum absolute atomic E-state index is 0.0385. The van der Waals surface area contributed by atoms with E-state index in [1.54, 1.807) is 11.3 Å². The second-order valence-corrected chi connectivity index (χ2v) is 9.12. The lowest BCUT2D eigenvalue weighted by atomic mass is 9.96. The summed E-state index contributed by atoms with van der Waals surface area (Å²) in [6.45, 7) is 3.47. The van der Waals surface area contributed by atoms with Crippen molar-refractivity contribution in [3.63, 3.8) is 0 Å². The molecule has 1 unspecified atom stereocenters. The van der Waals surface area contributed by atoms with Crippen LogP contribution in [0, 0.1) is 0 Å². The summed E-state index contributed by atoms with van der Waals surface area (Å²) in [6.07, 6.45) is 4.45. The molecule has 0 fully saturated rings. The van der Waals surface area contributed by atoms with Crippen LogP contribution in [0.3, 0.4) is 0 Å². The number of benzene rings is 1. The molecule has 1 atom stereocenters. The van der Waals surface area contributed by atoms with Gasteiger partial charge in [-0.05, 0) is 43.7 Å². The molecule has 1 aliphatic rings. The van der Waals surface area contributed by atoms with E-state index in [2.05, 4.69) is 15.6 Å². The molecule has 0 saturated carbocycles. The number of thiazole rings is 1. The zero-order chi connectivity index (χ0) is 20.4. The van der Waals surface area contributed by atoms with Gasteiger partial charge in [0.1, 0.15) is 0 Å². The molecule has 2 aromatic heterocycles. The van der Waals surface area contributed by atoms with Crippen molar-refractivity contribution >= 4 is 39.6 Å². The molecule has 150 valence electrons. The molecule has 1 aliphatic carbocycles. The normalized spacial score (nSPS) is 14.1. The zero-order valence-electron chi connectivity index (χ0n) is 16.5. The average Bonchev–Trinajstić information content (AvgIpc) is 3.34. The van der Waals surface area contributed by atoms with E-state index in [-0.39, 0.29) is 17.9 Å². The van der Waals surface area contributed by atoms with Gasteiger partial charge in [-0.2, -0.15) is 0 Å². The second-order valence-electron chi connectivity index (χ2n) is 7.29. The number of rotatable bonds is 5. The van der Waals surface area contributed by atoms with E-state index in [1.165, 1.54) is 35.1 Å². The smallest absolute Gasteiger partial charge is 0.258 e. The minimum Gasteiger partial charge on any atom is -0.350 e. The summed E-state index contributed by atoms with van der Waals surface area (Å²) >= 11 is 3.13. The Hall–Kier alpha value is -2.51. The van der Waals surface area contributed by atoms with Crippen LogP contribution in [-0.2, 0) is 17.6 Å². The largest absolute Gasteiger partial charge is 0.350 e. The Morgan fingerprint density at radius 3 is 2.59 bits per heavy atom. The molecule has 3 aromatic rings. The van der Waals surface area contributed by atoms with Gasteiger partial charge in [-0.25, -0.2) is 4.98 Å². The highest BCUT2D eigenvalue weighted by atomic mass is 32.1. The first-order valence-electron chi connectivity index (χ1n) is 9.75. The predicted octanol–water partition coefficient (Wildman–Crippen LogP) is 5.20. The van der Waals surface area contributed by atoms with Gasteiger partial charge in [-0.1, -0.05) is 24.3 Å². The van der Waals surface area contributed by atoms with Gasteiger partial charge in [0, 0.05) is 28.1 Å². The lowest BCUT2D eigenvalue weighted by Gasteiger charge is -2.13. The lowest BCUT2D eigenvalue weighted by molar-refractivity contribution is -0.119. The molecular formula is C22H23N3O2S2. The minimum atomic E-state index is -0.0650. The maximum atomic E-state index is 12.7. The van der Waals surface area contributed by atoms with E-state index >= 15 is 0 Å². The van der Waals surface area contributed by atoms with E-state index in [9.17, 15) is 9.59 Å². The molecule has 29 heavy (non-hydrogen) atoms. The fourth-order valence-corrected chi connectivity index (χ4v) is 5.48. The van der Waals surface area contributed by atoms with Gasteiger partial charge >= 0.3 is 0 Å². The van der Waals surface area contributed by atoms with Crippen molar-refractivity contribution in [3.05, 3.63) is 56.6 Å². The van der Waals surface area contributed by atoms with Crippen molar-refractivity contribution in [1.29, 1.82) is 0 Å². The Labute approximate surface area is 178 Å². The van der Waals surface area contributed by atoms with Crippen LogP contribution in [0.4, 0.5) is 5.13 Å². The summed E-state index contributed by atoms with van der Waals surface area (Å²) in [4.78, 5) is 29.9. The van der Waals surface area contributed by atoms with E-state index in [0.717, 1.165) is 41.6 Å². The third-order valence-corrected chi connectivity index (χ3v) is 7.00. The Kier molecular flexibility index (Phi) is 5.78. The maximum absolute atomic E-state index is 12.7. The molecule has 5 nitrogen and oxygen atoms in total. The van der Waals surface area contributed by atoms with Crippen LogP contribution in [0.25, 0.3) is 11.3 Å². The highest BCUT2D eigenvalue weighted by Crippen LogP contribution is 2.31. The second kappa shape index (κ2) is 8.47. The molecule has 0 bridgehead atoms. The van der Waals surface area contributed by atoms with Crippen molar-refractivity contribution in [2.24, 2.45) is 0 Å². The van der Waals surface area contributed by atoms with Gasteiger partial charge in [0.05, 0.1) is 17.3 Å². The highest BCUT2D eigenvalue weighted by Gasteiger charge is 2.21. The Balaban J connectivity index is 1.45. The molecule has 0 aliphatic heterocycles. The number of carbonyl (C=O) groups is 2. The summed E-state index contributed by atoms with van der Waals surface area (Å²) in [5.74, 6) is -0.113. The van der Waals surface area contributed by atoms with Crippen LogP contribution in [0.5, 0.6) is 0 Å². The summed E-state index contributed by atoms with van der Waals surface area (Å²) in [6, 6.07) is 7.92. The molecule has 4 rings (SSSR count). The summed E-state index contributed by atoms with van der Waals surface area (Å²) in [7, 11) is 0. The maximum Gasteiger partial charge on any atom is 0.258 e. The first-order valence-corrected chi connectivity index (χ1v) is 11.5. The molecule has 1 aromatic carbocycles. The van der Waals surface area contributed by atoms with Crippen molar-refractivity contribution in [2.75, 3.05) is 5.32 Å². The Bertz CT molecular complexity index is 1040. The number of aromatic nitrogens is 1. The highest BCUT2D eigenvalue weighted by molar-refractivity contribution is 7.14. The van der Waals surface area contributed by atoms with E-state index in [4.69, 9.17) is 0 Å². The summed E-state index contributed by atoms with van der Waals surface area (Å²) in [5.41, 5.74) is 4.87. The van der Waals surface area contributed by atoms with Gasteiger partial charge in [0.25, 0.3) is 5.91 Å². The van der Waals surface area contributed by atoms with Gasteiger partial charge in [-0.15, -0.1) is 22.7 Å². The number of hydrogen-bond acceptors (Lipinski definition) is 5. The van der Waals surface area contributed by atoms with Gasteiger partial charge in [0.2, 0.25) is 5.91 Å². The molecule has 7 heteroatoms. The van der Waals surface area contributed by atoms with E-state index in [1.807, 2.05) is 41.9 Å². The third-order valence-electron chi connectivity index (χ3n) is 5.16. The number of hydrogen-bond donors (Lipinski definition) is 2. The Morgan fingerprint density at radius 1 is 1.07 bits per heavy atom. The molecule has 2 heterocycles. The van der Waals surface area contributed by atoms with Gasteiger partial charge < -0.3 is 5.32 Å². The molecule has 2 amide bonds. The molecule has 0 spiro atoms. The van der Waals surface area contributed by atoms with Crippen molar-refractivity contribution in [1.82, 2.24) is 10.3 Å². The zero-order valence-corrected chi connectivity index (χ0v) is 18.1. The molecule has 0 radical (unpaired) electrons. The number of amides is 2. The van der Waals surface area contributed by atoms with E-state index < -0.39 is 0 Å². The van der Waals surface area contributed by atoms with Crippen molar-refractivity contribution < 1.29 is 9.59 Å². The number of carbonyl (C=O) groups excluding carboxylic acids is 2. The Morgan fingerprint density at radius 2 is 1.83 bits per heavy atom. The fourth-order valence-electron chi connectivity index (χ4n) is 3.64. The predicted molar refractivity (Wildman–Crippen MR) is 119 cm³/mol. The van der Waals surface area contributed by atoms with Gasteiger partial charge in [0.15, 0.2) is 5.13 Å². The summed E-state index contributed by atoms with van der Waals surface area (Å²) < 4.78 is 0. The van der Waals surface area contributed by atoms with Crippen molar-refractivity contribution in [3.8, 4) is 11.3 Å². The first-order chi connectivity index (χ1) is 14.0. The molecular weight excluding hydrogens is 402 g/mol. The number of aryl methyl sites for hydroxylation is 1. The quantitative estimate of drug-likeness (QED) is 0.590. The fraction of sp³-hybridized carbons (Fsp3) is 0.318. The third kappa shape index (κ3) is 4.41. The molecule has 2 N–H and O–H groups in total. The average molecular weight is 426 g/mol.